The molecule has 15 heavy (non-hydrogen) atoms. The number of carbonyl (C=O) groups is 1. The number of likely N-dealkylation sites (N-methyl/N-ethyl adjacent to an activating group) is 1. The zero-order valence-electron chi connectivity index (χ0n) is 9.98. The van der Waals surface area contributed by atoms with Crippen molar-refractivity contribution in [2.75, 3.05) is 13.1 Å². The van der Waals surface area contributed by atoms with Gasteiger partial charge in [-0.25, -0.2) is 0 Å². The molecule has 5 heteroatoms. The lowest BCUT2D eigenvalue weighted by molar-refractivity contribution is -0.128. The van der Waals surface area contributed by atoms with Crippen LogP contribution in [0.1, 0.15) is 27.7 Å². The smallest absolute Gasteiger partial charge is 0.185 e. The fourth-order valence-corrected chi connectivity index (χ4v) is 1.24. The second-order valence-corrected chi connectivity index (χ2v) is 4.52. The molecule has 0 bridgehead atoms. The highest BCUT2D eigenvalue weighted by molar-refractivity contribution is 5.89. The molecule has 0 rings (SSSR count). The Morgan fingerprint density at radius 1 is 1.47 bits per heavy atom. The van der Waals surface area contributed by atoms with Gasteiger partial charge in [0, 0.05) is 12.0 Å². The quantitative estimate of drug-likeness (QED) is 0.385. The van der Waals surface area contributed by atoms with Crippen molar-refractivity contribution in [1.82, 2.24) is 10.6 Å². The minimum atomic E-state index is -0.384. The topological polar surface area (TPSA) is 91.0 Å². The third-order valence-corrected chi connectivity index (χ3v) is 2.00. The van der Waals surface area contributed by atoms with Gasteiger partial charge in [-0.05, 0) is 6.54 Å². The van der Waals surface area contributed by atoms with Crippen LogP contribution in [-0.4, -0.2) is 30.9 Å². The van der Waals surface area contributed by atoms with Gasteiger partial charge >= 0.3 is 0 Å². The first-order valence-corrected chi connectivity index (χ1v) is 5.14. The number of hydrogen-bond acceptors (Lipinski definition) is 3. The number of carbonyl (C=O) groups excluding carboxylic acids is 1. The average molecular weight is 214 g/mol. The molecule has 0 saturated carbocycles. The minimum Gasteiger partial charge on any atom is -0.370 e. The third kappa shape index (κ3) is 5.37. The molecule has 5 N–H and O–H groups in total. The second-order valence-electron chi connectivity index (χ2n) is 4.52. The van der Waals surface area contributed by atoms with Gasteiger partial charge in [0.1, 0.15) is 0 Å². The predicted octanol–water partition coefficient (Wildman–Crippen LogP) is 0.0628. The van der Waals surface area contributed by atoms with E-state index < -0.39 is 0 Å². The largest absolute Gasteiger partial charge is 0.370 e. The van der Waals surface area contributed by atoms with E-state index in [1.54, 1.807) is 0 Å². The van der Waals surface area contributed by atoms with E-state index in [4.69, 9.17) is 11.1 Å². The fourth-order valence-electron chi connectivity index (χ4n) is 1.24. The van der Waals surface area contributed by atoms with E-state index in [-0.39, 0.29) is 23.2 Å². The van der Waals surface area contributed by atoms with Crippen LogP contribution in [0, 0.1) is 10.8 Å². The molecule has 5 nitrogen and oxygen atoms in total. The Morgan fingerprint density at radius 3 is 2.33 bits per heavy atom. The van der Waals surface area contributed by atoms with Crippen molar-refractivity contribution in [3.8, 4) is 0 Å². The summed E-state index contributed by atoms with van der Waals surface area (Å²) in [5, 5.41) is 12.8. The van der Waals surface area contributed by atoms with Crippen LogP contribution < -0.4 is 16.4 Å². The van der Waals surface area contributed by atoms with Gasteiger partial charge in [-0.1, -0.05) is 27.7 Å². The van der Waals surface area contributed by atoms with Crippen LogP contribution in [0.3, 0.4) is 0 Å². The second kappa shape index (κ2) is 5.70. The van der Waals surface area contributed by atoms with E-state index in [0.29, 0.717) is 13.1 Å². The summed E-state index contributed by atoms with van der Waals surface area (Å²) >= 11 is 0. The summed E-state index contributed by atoms with van der Waals surface area (Å²) in [6.45, 7) is 8.66. The Labute approximate surface area is 91.3 Å². The summed E-state index contributed by atoms with van der Waals surface area (Å²) in [6, 6.07) is -0.293. The highest BCUT2D eigenvalue weighted by atomic mass is 16.1. The lowest BCUT2D eigenvalue weighted by Crippen LogP contribution is -2.50. The molecule has 1 atom stereocenters. The molecular weight excluding hydrogens is 192 g/mol. The summed E-state index contributed by atoms with van der Waals surface area (Å²) in [6.07, 6.45) is 0. The summed E-state index contributed by atoms with van der Waals surface area (Å²) < 4.78 is 0. The van der Waals surface area contributed by atoms with Crippen LogP contribution in [0.2, 0.25) is 0 Å². The van der Waals surface area contributed by atoms with Gasteiger partial charge in [0.25, 0.3) is 0 Å². The van der Waals surface area contributed by atoms with Crippen molar-refractivity contribution in [2.24, 2.45) is 11.1 Å². The molecule has 0 amide bonds. The van der Waals surface area contributed by atoms with Crippen LogP contribution in [-0.2, 0) is 4.79 Å². The van der Waals surface area contributed by atoms with Gasteiger partial charge in [0.2, 0.25) is 0 Å². The Kier molecular flexibility index (Phi) is 5.28. The monoisotopic (exact) mass is 214 g/mol. The number of nitrogens with two attached hydrogens (primary N) is 1. The number of guanidine groups is 1. The molecule has 0 fully saturated rings. The Morgan fingerprint density at radius 2 is 2.00 bits per heavy atom. The molecule has 0 aromatic carbocycles. The van der Waals surface area contributed by atoms with Crippen molar-refractivity contribution < 1.29 is 4.79 Å². The average Bonchev–Trinajstić information content (AvgIpc) is 2.09. The van der Waals surface area contributed by atoms with E-state index in [1.807, 2.05) is 27.7 Å². The molecule has 88 valence electrons. The molecule has 0 aliphatic carbocycles. The number of rotatable bonds is 5. The first-order valence-electron chi connectivity index (χ1n) is 5.14. The molecule has 0 radical (unpaired) electrons. The minimum absolute atomic E-state index is 0.111. The maximum atomic E-state index is 12.0. The summed E-state index contributed by atoms with van der Waals surface area (Å²) in [5.41, 5.74) is 4.80. The van der Waals surface area contributed by atoms with Crippen LogP contribution in [0.25, 0.3) is 0 Å². The lowest BCUT2D eigenvalue weighted by atomic mass is 9.86. The molecule has 0 aromatic rings. The maximum absolute atomic E-state index is 12.0. The van der Waals surface area contributed by atoms with Crippen LogP contribution in [0.5, 0.6) is 0 Å². The molecular formula is C10H22N4O. The lowest BCUT2D eigenvalue weighted by Gasteiger charge is -2.25. The van der Waals surface area contributed by atoms with Crippen LogP contribution in [0.4, 0.5) is 0 Å². The molecule has 0 aliphatic heterocycles. The van der Waals surface area contributed by atoms with Crippen LogP contribution >= 0.6 is 0 Å². The zero-order valence-corrected chi connectivity index (χ0v) is 9.98. The zero-order chi connectivity index (χ0) is 12.1. The van der Waals surface area contributed by atoms with Crippen LogP contribution in [0.15, 0.2) is 0 Å². The van der Waals surface area contributed by atoms with E-state index in [2.05, 4.69) is 10.6 Å². The molecule has 0 heterocycles. The van der Waals surface area contributed by atoms with Crippen molar-refractivity contribution >= 4 is 11.7 Å². The van der Waals surface area contributed by atoms with Gasteiger partial charge in [-0.15, -0.1) is 0 Å². The summed E-state index contributed by atoms with van der Waals surface area (Å²) in [7, 11) is 0. The first kappa shape index (κ1) is 13.9. The number of Topliss-reactive ketones (excluding diaryl/α,β-unsaturated/α-hetero) is 1. The predicted molar refractivity (Wildman–Crippen MR) is 61.8 cm³/mol. The molecule has 0 saturated heterocycles. The summed E-state index contributed by atoms with van der Waals surface area (Å²) in [5.74, 6) is 0.0118. The van der Waals surface area contributed by atoms with Gasteiger partial charge < -0.3 is 16.4 Å². The van der Waals surface area contributed by atoms with E-state index in [1.165, 1.54) is 0 Å². The highest BCUT2D eigenvalue weighted by Gasteiger charge is 2.28. The van der Waals surface area contributed by atoms with Gasteiger partial charge in [-0.3, -0.25) is 10.2 Å². The number of ketones is 1. The Bertz CT molecular complexity index is 232. The molecule has 0 spiro atoms. The first-order chi connectivity index (χ1) is 6.79. The van der Waals surface area contributed by atoms with E-state index in [9.17, 15) is 4.79 Å². The fraction of sp³-hybridized carbons (Fsp3) is 0.800. The van der Waals surface area contributed by atoms with E-state index in [0.717, 1.165) is 0 Å². The number of hydrogen-bond donors (Lipinski definition) is 4. The Balaban J connectivity index is 4.38. The van der Waals surface area contributed by atoms with Gasteiger partial charge in [-0.2, -0.15) is 0 Å². The van der Waals surface area contributed by atoms with Crippen molar-refractivity contribution in [3.63, 3.8) is 0 Å². The van der Waals surface area contributed by atoms with Gasteiger partial charge in [0.15, 0.2) is 11.7 Å². The van der Waals surface area contributed by atoms with Crippen molar-refractivity contribution in [2.45, 2.75) is 33.7 Å². The van der Waals surface area contributed by atoms with E-state index >= 15 is 0 Å². The standard InChI is InChI=1S/C10H22N4O/c1-5-13-7(6-14-9(11)12)8(15)10(2,3)4/h7,13H,5-6H2,1-4H3,(H4,11,12,14)/t7-/m0/s1. The molecule has 0 aromatic heterocycles. The van der Waals surface area contributed by atoms with Crippen molar-refractivity contribution in [3.05, 3.63) is 0 Å². The molecule has 0 aliphatic rings. The Hall–Kier alpha value is -1.10. The maximum Gasteiger partial charge on any atom is 0.185 e. The number of nitrogens with one attached hydrogen (secondary N) is 3. The van der Waals surface area contributed by atoms with Gasteiger partial charge in [0.05, 0.1) is 6.04 Å². The van der Waals surface area contributed by atoms with Crippen molar-refractivity contribution in [1.29, 1.82) is 5.41 Å². The molecule has 0 unspecified atom stereocenters. The highest BCUT2D eigenvalue weighted by Crippen LogP contribution is 2.16. The third-order valence-electron chi connectivity index (χ3n) is 2.00. The summed E-state index contributed by atoms with van der Waals surface area (Å²) in [4.78, 5) is 12.0. The SMILES string of the molecule is CCN[C@@H](CNC(=N)N)C(=O)C(C)(C)C. The normalized spacial score (nSPS) is 13.3.